The molecule has 0 aliphatic carbocycles. The first-order valence-electron chi connectivity index (χ1n) is 7.88. The smallest absolute Gasteiger partial charge is 0.258 e. The zero-order valence-corrected chi connectivity index (χ0v) is 14.3. The van der Waals surface area contributed by atoms with Crippen molar-refractivity contribution in [1.82, 2.24) is 0 Å². The molecule has 1 aliphatic rings. The third kappa shape index (κ3) is 3.07. The molecule has 3 rings (SSSR count). The summed E-state index contributed by atoms with van der Waals surface area (Å²) in [5, 5.41) is 3.00. The fourth-order valence-electron chi connectivity index (χ4n) is 3.09. The number of primary amides is 1. The van der Waals surface area contributed by atoms with Crippen LogP contribution in [-0.4, -0.2) is 25.0 Å². The second-order valence-electron chi connectivity index (χ2n) is 5.96. The van der Waals surface area contributed by atoms with Crippen molar-refractivity contribution in [2.24, 2.45) is 5.73 Å². The van der Waals surface area contributed by atoms with Crippen molar-refractivity contribution in [3.63, 3.8) is 0 Å². The van der Waals surface area contributed by atoms with E-state index in [0.717, 1.165) is 10.4 Å². The zero-order valence-electron chi connectivity index (χ0n) is 13.5. The monoisotopic (exact) mass is 344 g/mol. The fraction of sp³-hybridized carbons (Fsp3) is 0.333. The molecule has 6 heteroatoms. The molecule has 0 atom stereocenters. The van der Waals surface area contributed by atoms with Crippen molar-refractivity contribution in [2.75, 3.05) is 18.5 Å². The third-order valence-corrected chi connectivity index (χ3v) is 5.58. The van der Waals surface area contributed by atoms with Gasteiger partial charge in [-0.3, -0.25) is 9.59 Å². The molecule has 0 bridgehead atoms. The summed E-state index contributed by atoms with van der Waals surface area (Å²) < 4.78 is 5.47. The minimum Gasteiger partial charge on any atom is -0.381 e. The molecule has 5 nitrogen and oxygen atoms in total. The molecule has 0 unspecified atom stereocenters. The Kier molecular flexibility index (Phi) is 4.69. The fourth-order valence-corrected chi connectivity index (χ4v) is 3.92. The first kappa shape index (κ1) is 16.7. The normalized spacial score (nSPS) is 16.5. The standard InChI is InChI=1S/C18H20N2O3S/c1-12-14(11-15(24-12)16(19)21)20-17(22)18(7-9-23-10-8-18)13-5-3-2-4-6-13/h2-6,11H,7-10H2,1H3,(H2,19,21)(H,20,22). The maximum absolute atomic E-state index is 13.1. The molecular weight excluding hydrogens is 324 g/mol. The molecule has 1 aromatic heterocycles. The van der Waals surface area contributed by atoms with Gasteiger partial charge in [-0.2, -0.15) is 0 Å². The first-order chi connectivity index (χ1) is 11.5. The Bertz CT molecular complexity index is 749. The number of rotatable bonds is 4. The first-order valence-corrected chi connectivity index (χ1v) is 8.69. The summed E-state index contributed by atoms with van der Waals surface area (Å²) in [6.07, 6.45) is 1.27. The number of anilines is 1. The molecular formula is C18H20N2O3S. The summed E-state index contributed by atoms with van der Waals surface area (Å²) in [6.45, 7) is 2.97. The van der Waals surface area contributed by atoms with E-state index >= 15 is 0 Å². The van der Waals surface area contributed by atoms with Gasteiger partial charge in [0.2, 0.25) is 5.91 Å². The predicted molar refractivity (Wildman–Crippen MR) is 94.4 cm³/mol. The van der Waals surface area contributed by atoms with Crippen LogP contribution < -0.4 is 11.1 Å². The van der Waals surface area contributed by atoms with Gasteiger partial charge in [0.25, 0.3) is 5.91 Å². The lowest BCUT2D eigenvalue weighted by molar-refractivity contribution is -0.125. The van der Waals surface area contributed by atoms with Gasteiger partial charge >= 0.3 is 0 Å². The molecule has 24 heavy (non-hydrogen) atoms. The highest BCUT2D eigenvalue weighted by atomic mass is 32.1. The van der Waals surface area contributed by atoms with Crippen molar-refractivity contribution >= 4 is 28.8 Å². The molecule has 2 amide bonds. The summed E-state index contributed by atoms with van der Waals surface area (Å²) in [5.74, 6) is -0.540. The molecule has 1 saturated heterocycles. The Morgan fingerprint density at radius 1 is 1.21 bits per heavy atom. The molecule has 1 aliphatic heterocycles. The second-order valence-corrected chi connectivity index (χ2v) is 7.22. The van der Waals surface area contributed by atoms with E-state index in [-0.39, 0.29) is 5.91 Å². The number of carbonyl (C=O) groups excluding carboxylic acids is 2. The minimum atomic E-state index is -0.610. The summed E-state index contributed by atoms with van der Waals surface area (Å²) in [6, 6.07) is 11.5. The van der Waals surface area contributed by atoms with Crippen molar-refractivity contribution in [3.05, 3.63) is 51.7 Å². The highest BCUT2D eigenvalue weighted by molar-refractivity contribution is 7.14. The van der Waals surface area contributed by atoms with E-state index in [1.54, 1.807) is 6.07 Å². The van der Waals surface area contributed by atoms with Crippen molar-refractivity contribution in [1.29, 1.82) is 0 Å². The maximum Gasteiger partial charge on any atom is 0.258 e. The van der Waals surface area contributed by atoms with Crippen LogP contribution in [-0.2, 0) is 14.9 Å². The molecule has 2 aromatic rings. The van der Waals surface area contributed by atoms with Crippen LogP contribution in [0.1, 0.15) is 33.0 Å². The number of ether oxygens (including phenoxy) is 1. The molecule has 3 N–H and O–H groups in total. The third-order valence-electron chi connectivity index (χ3n) is 4.52. The Balaban J connectivity index is 1.91. The van der Waals surface area contributed by atoms with Gasteiger partial charge in [-0.1, -0.05) is 30.3 Å². The highest BCUT2D eigenvalue weighted by Crippen LogP contribution is 2.37. The molecule has 0 spiro atoms. The van der Waals surface area contributed by atoms with Crippen LogP contribution >= 0.6 is 11.3 Å². The summed E-state index contributed by atoms with van der Waals surface area (Å²) in [5.41, 5.74) is 6.37. The molecule has 2 heterocycles. The van der Waals surface area contributed by atoms with Gasteiger partial charge in [0.05, 0.1) is 16.0 Å². The van der Waals surface area contributed by atoms with E-state index in [9.17, 15) is 9.59 Å². The predicted octanol–water partition coefficient (Wildman–Crippen LogP) is 2.84. The van der Waals surface area contributed by atoms with Gasteiger partial charge in [-0.05, 0) is 31.4 Å². The van der Waals surface area contributed by atoms with Crippen molar-refractivity contribution in [3.8, 4) is 0 Å². The minimum absolute atomic E-state index is 0.0612. The quantitative estimate of drug-likeness (QED) is 0.895. The number of nitrogens with two attached hydrogens (primary N) is 1. The van der Waals surface area contributed by atoms with Gasteiger partial charge in [-0.25, -0.2) is 0 Å². The van der Waals surface area contributed by atoms with Crippen LogP contribution in [0.15, 0.2) is 36.4 Å². The Labute approximate surface area is 144 Å². The van der Waals surface area contributed by atoms with Crippen LogP contribution in [0.25, 0.3) is 0 Å². The lowest BCUT2D eigenvalue weighted by Crippen LogP contribution is -2.44. The molecule has 1 fully saturated rings. The topological polar surface area (TPSA) is 81.4 Å². The lowest BCUT2D eigenvalue weighted by atomic mass is 9.73. The SMILES string of the molecule is Cc1sc(C(N)=O)cc1NC(=O)C1(c2ccccc2)CCOCC1. The second kappa shape index (κ2) is 6.75. The van der Waals surface area contributed by atoms with Gasteiger partial charge < -0.3 is 15.8 Å². The lowest BCUT2D eigenvalue weighted by Gasteiger charge is -2.36. The van der Waals surface area contributed by atoms with E-state index in [1.165, 1.54) is 11.3 Å². The van der Waals surface area contributed by atoms with Gasteiger partial charge in [0.1, 0.15) is 0 Å². The maximum atomic E-state index is 13.1. The molecule has 126 valence electrons. The Hall–Kier alpha value is -2.18. The largest absolute Gasteiger partial charge is 0.381 e. The van der Waals surface area contributed by atoms with E-state index in [4.69, 9.17) is 10.5 Å². The van der Waals surface area contributed by atoms with Crippen LogP contribution in [0, 0.1) is 6.92 Å². The number of aryl methyl sites for hydroxylation is 1. The number of nitrogens with one attached hydrogen (secondary N) is 1. The van der Waals surface area contributed by atoms with Crippen molar-refractivity contribution < 1.29 is 14.3 Å². The summed E-state index contributed by atoms with van der Waals surface area (Å²) >= 11 is 1.29. The van der Waals surface area contributed by atoms with Crippen molar-refractivity contribution in [2.45, 2.75) is 25.2 Å². The highest BCUT2D eigenvalue weighted by Gasteiger charge is 2.41. The molecule has 0 radical (unpaired) electrons. The number of amides is 2. The molecule has 0 saturated carbocycles. The van der Waals surface area contributed by atoms with Gasteiger partial charge in [0, 0.05) is 18.1 Å². The van der Waals surface area contributed by atoms with E-state index < -0.39 is 11.3 Å². The van der Waals surface area contributed by atoms with E-state index in [1.807, 2.05) is 37.3 Å². The van der Waals surface area contributed by atoms with Crippen LogP contribution in [0.4, 0.5) is 5.69 Å². The number of hydrogen-bond donors (Lipinski definition) is 2. The Morgan fingerprint density at radius 2 is 1.88 bits per heavy atom. The van der Waals surface area contributed by atoms with Crippen LogP contribution in [0.5, 0.6) is 0 Å². The average molecular weight is 344 g/mol. The van der Waals surface area contributed by atoms with Crippen LogP contribution in [0.2, 0.25) is 0 Å². The number of thiophene rings is 1. The molecule has 1 aromatic carbocycles. The summed E-state index contributed by atoms with van der Waals surface area (Å²) in [7, 11) is 0. The number of benzene rings is 1. The van der Waals surface area contributed by atoms with Gasteiger partial charge in [0.15, 0.2) is 0 Å². The average Bonchev–Trinajstić information content (AvgIpc) is 2.97. The number of hydrogen-bond acceptors (Lipinski definition) is 4. The number of carbonyl (C=O) groups is 2. The van der Waals surface area contributed by atoms with Crippen LogP contribution in [0.3, 0.4) is 0 Å². The Morgan fingerprint density at radius 3 is 2.46 bits per heavy atom. The van der Waals surface area contributed by atoms with Gasteiger partial charge in [-0.15, -0.1) is 11.3 Å². The van der Waals surface area contributed by atoms with E-state index in [2.05, 4.69) is 5.32 Å². The zero-order chi connectivity index (χ0) is 17.2. The summed E-state index contributed by atoms with van der Waals surface area (Å²) in [4.78, 5) is 25.8. The van der Waals surface area contributed by atoms with E-state index in [0.29, 0.717) is 36.6 Å².